The van der Waals surface area contributed by atoms with Crippen molar-refractivity contribution < 1.29 is 41.4 Å². The van der Waals surface area contributed by atoms with E-state index >= 15 is 0 Å². The molecule has 39 heavy (non-hydrogen) atoms. The number of amides is 1. The van der Waals surface area contributed by atoms with Crippen LogP contribution in [0.2, 0.25) is 0 Å². The number of halogens is 5. The first kappa shape index (κ1) is 29.2. The van der Waals surface area contributed by atoms with Crippen LogP contribution in [0.5, 0.6) is 0 Å². The molecular weight excluding hydrogens is 531 g/mol. The monoisotopic (exact) mass is 554 g/mol. The van der Waals surface area contributed by atoms with Gasteiger partial charge >= 0.3 is 12.1 Å². The van der Waals surface area contributed by atoms with E-state index < -0.39 is 23.8 Å². The fraction of sp³-hybridized carbons (Fsp3) is 0.250. The van der Waals surface area contributed by atoms with Crippen LogP contribution in [0, 0.1) is 11.6 Å². The number of nitrogens with zero attached hydrogens (tertiary/aromatic N) is 3. The smallest absolute Gasteiger partial charge is 0.475 e. The first-order valence-electron chi connectivity index (χ1n) is 11.3. The van der Waals surface area contributed by atoms with Crippen molar-refractivity contribution >= 4 is 28.6 Å². The zero-order valence-electron chi connectivity index (χ0n) is 20.1. The molecule has 15 heteroatoms. The van der Waals surface area contributed by atoms with Crippen molar-refractivity contribution in [3.05, 3.63) is 77.1 Å². The number of rotatable bonds is 9. The number of hydrogen-bond acceptors (Lipinski definition) is 6. The molecule has 2 aromatic carbocycles. The van der Waals surface area contributed by atoms with Gasteiger partial charge in [-0.25, -0.2) is 13.6 Å². The number of H-pyrrole nitrogens is 1. The van der Waals surface area contributed by atoms with Crippen LogP contribution in [0.1, 0.15) is 21.6 Å². The lowest BCUT2D eigenvalue weighted by atomic mass is 10.0. The maximum Gasteiger partial charge on any atom is 0.490 e. The molecule has 4 aromatic rings. The van der Waals surface area contributed by atoms with Crippen LogP contribution in [0.3, 0.4) is 0 Å². The summed E-state index contributed by atoms with van der Waals surface area (Å²) in [5, 5.41) is 21.8. The third-order valence-corrected chi connectivity index (χ3v) is 5.09. The Morgan fingerprint density at radius 1 is 1.05 bits per heavy atom. The summed E-state index contributed by atoms with van der Waals surface area (Å²) in [6.45, 7) is 1.65. The van der Waals surface area contributed by atoms with Crippen molar-refractivity contribution in [2.75, 3.05) is 25.1 Å². The van der Waals surface area contributed by atoms with E-state index in [2.05, 4.69) is 20.6 Å². The Morgan fingerprint density at radius 2 is 1.74 bits per heavy atom. The molecule has 0 unspecified atom stereocenters. The van der Waals surface area contributed by atoms with Gasteiger partial charge in [0.05, 0.1) is 25.3 Å². The Kier molecular flexibility index (Phi) is 9.68. The minimum atomic E-state index is -5.08. The number of aromatic nitrogens is 4. The van der Waals surface area contributed by atoms with Gasteiger partial charge in [-0.1, -0.05) is 6.07 Å². The second-order valence-electron chi connectivity index (χ2n) is 8.00. The van der Waals surface area contributed by atoms with E-state index in [1.54, 1.807) is 10.7 Å². The number of carbonyl (C=O) groups is 2. The van der Waals surface area contributed by atoms with Crippen LogP contribution < -0.4 is 11.1 Å². The summed E-state index contributed by atoms with van der Waals surface area (Å²) in [5.74, 6) is -4.02. The zero-order valence-corrected chi connectivity index (χ0v) is 20.1. The van der Waals surface area contributed by atoms with Gasteiger partial charge in [-0.3, -0.25) is 14.6 Å². The summed E-state index contributed by atoms with van der Waals surface area (Å²) in [4.78, 5) is 21.7. The normalized spacial score (nSPS) is 11.2. The first-order valence-corrected chi connectivity index (χ1v) is 11.3. The fourth-order valence-corrected chi connectivity index (χ4v) is 3.43. The fourth-order valence-electron chi connectivity index (χ4n) is 3.43. The van der Waals surface area contributed by atoms with Gasteiger partial charge in [-0.15, -0.1) is 0 Å². The number of nitrogens with two attached hydrogens (primary N) is 1. The summed E-state index contributed by atoms with van der Waals surface area (Å²) in [6.07, 6.45) is -3.21. The van der Waals surface area contributed by atoms with Crippen LogP contribution in [0.4, 0.5) is 27.8 Å². The van der Waals surface area contributed by atoms with E-state index in [0.717, 1.165) is 17.1 Å². The highest BCUT2D eigenvalue weighted by Crippen LogP contribution is 2.24. The SMILES string of the molecule is NCCOCCn1nccc1C(=O)Nc1n[nH]c2ccc(Cc3cc(F)cc(F)c3)cc12.O=C(O)C(F)(F)F. The molecule has 0 aliphatic heterocycles. The summed E-state index contributed by atoms with van der Waals surface area (Å²) in [7, 11) is 0. The van der Waals surface area contributed by atoms with Crippen LogP contribution in [-0.2, 0) is 22.5 Å². The van der Waals surface area contributed by atoms with Crippen molar-refractivity contribution in [2.24, 2.45) is 5.73 Å². The number of aliphatic carboxylic acids is 1. The molecule has 0 saturated heterocycles. The molecule has 0 radical (unpaired) electrons. The summed E-state index contributed by atoms with van der Waals surface area (Å²) in [5.41, 5.74) is 7.82. The Hall–Kier alpha value is -4.37. The molecular formula is C24H23F5N6O4. The number of aromatic amines is 1. The van der Waals surface area contributed by atoms with Gasteiger partial charge in [0.15, 0.2) is 5.82 Å². The number of carboxylic acids is 1. The zero-order chi connectivity index (χ0) is 28.6. The number of carboxylic acid groups (broad SMARTS) is 1. The summed E-state index contributed by atoms with van der Waals surface area (Å²) < 4.78 is 65.6. The lowest BCUT2D eigenvalue weighted by molar-refractivity contribution is -0.192. The number of carbonyl (C=O) groups excluding carboxylic acids is 1. The third-order valence-electron chi connectivity index (χ3n) is 5.09. The van der Waals surface area contributed by atoms with E-state index in [-0.39, 0.29) is 5.91 Å². The summed E-state index contributed by atoms with van der Waals surface area (Å²) >= 11 is 0. The standard InChI is InChI=1S/C22H22F2N6O2.C2HF3O2/c23-16-10-15(11-17(24)13-16)9-14-1-2-19-18(12-14)21(29-28-19)27-22(31)20-3-5-26-30(20)6-8-32-7-4-25;3-2(4,5)1(6)7/h1-3,5,10-13H,4,6-9,25H2,(H2,27,28,29,31);(H,6,7). The van der Waals surface area contributed by atoms with Gasteiger partial charge in [0.2, 0.25) is 0 Å². The average molecular weight is 554 g/mol. The highest BCUT2D eigenvalue weighted by molar-refractivity contribution is 6.07. The van der Waals surface area contributed by atoms with Crippen molar-refractivity contribution in [3.63, 3.8) is 0 Å². The van der Waals surface area contributed by atoms with Gasteiger partial charge in [-0.2, -0.15) is 23.4 Å². The lowest BCUT2D eigenvalue weighted by Crippen LogP contribution is -2.21. The Labute approximate surface area is 217 Å². The molecule has 4 rings (SSSR count). The summed E-state index contributed by atoms with van der Waals surface area (Å²) in [6, 6.07) is 10.5. The van der Waals surface area contributed by atoms with Crippen LogP contribution >= 0.6 is 0 Å². The van der Waals surface area contributed by atoms with Gasteiger partial charge in [-0.05, 0) is 47.9 Å². The molecule has 1 amide bonds. The highest BCUT2D eigenvalue weighted by Gasteiger charge is 2.38. The highest BCUT2D eigenvalue weighted by atomic mass is 19.4. The molecule has 0 fully saturated rings. The molecule has 0 atom stereocenters. The largest absolute Gasteiger partial charge is 0.490 e. The van der Waals surface area contributed by atoms with E-state index in [0.29, 0.717) is 55.2 Å². The molecule has 2 heterocycles. The predicted octanol–water partition coefficient (Wildman–Crippen LogP) is 3.49. The van der Waals surface area contributed by atoms with Gasteiger partial charge in [0, 0.05) is 24.2 Å². The number of nitrogens with one attached hydrogen (secondary N) is 2. The van der Waals surface area contributed by atoms with Crippen molar-refractivity contribution in [1.29, 1.82) is 0 Å². The molecule has 0 aliphatic rings. The number of hydrogen-bond donors (Lipinski definition) is 4. The molecule has 0 aliphatic carbocycles. The Bertz CT molecular complexity index is 1420. The Balaban J connectivity index is 0.000000532. The number of alkyl halides is 3. The number of benzene rings is 2. The molecule has 5 N–H and O–H groups in total. The van der Waals surface area contributed by atoms with Crippen LogP contribution in [0.15, 0.2) is 48.7 Å². The second-order valence-corrected chi connectivity index (χ2v) is 8.00. The molecule has 208 valence electrons. The maximum absolute atomic E-state index is 13.5. The number of fused-ring (bicyclic) bond motifs is 1. The number of anilines is 1. The maximum atomic E-state index is 13.5. The third kappa shape index (κ3) is 8.31. The van der Waals surface area contributed by atoms with Crippen LogP contribution in [0.25, 0.3) is 10.9 Å². The molecule has 10 nitrogen and oxygen atoms in total. The first-order chi connectivity index (χ1) is 18.5. The van der Waals surface area contributed by atoms with E-state index in [1.807, 2.05) is 18.2 Å². The minimum Gasteiger partial charge on any atom is -0.475 e. The van der Waals surface area contributed by atoms with E-state index in [9.17, 15) is 26.7 Å². The van der Waals surface area contributed by atoms with Gasteiger partial charge in [0.1, 0.15) is 17.3 Å². The Morgan fingerprint density at radius 3 is 2.38 bits per heavy atom. The molecule has 0 saturated carbocycles. The second kappa shape index (κ2) is 12.9. The van der Waals surface area contributed by atoms with E-state index in [1.165, 1.54) is 18.3 Å². The van der Waals surface area contributed by atoms with Crippen molar-refractivity contribution in [2.45, 2.75) is 19.1 Å². The lowest BCUT2D eigenvalue weighted by Gasteiger charge is -2.08. The number of ether oxygens (including phenoxy) is 1. The average Bonchev–Trinajstić information content (AvgIpc) is 3.48. The van der Waals surface area contributed by atoms with Gasteiger partial charge in [0.25, 0.3) is 5.91 Å². The molecule has 0 bridgehead atoms. The molecule has 2 aromatic heterocycles. The minimum absolute atomic E-state index is 0.332. The topological polar surface area (TPSA) is 148 Å². The quantitative estimate of drug-likeness (QED) is 0.183. The predicted molar refractivity (Wildman–Crippen MR) is 129 cm³/mol. The van der Waals surface area contributed by atoms with Crippen molar-refractivity contribution in [3.8, 4) is 0 Å². The van der Waals surface area contributed by atoms with Gasteiger partial charge < -0.3 is 20.9 Å². The van der Waals surface area contributed by atoms with E-state index in [4.69, 9.17) is 20.4 Å². The van der Waals surface area contributed by atoms with Crippen molar-refractivity contribution in [1.82, 2.24) is 20.0 Å². The van der Waals surface area contributed by atoms with Crippen LogP contribution in [-0.4, -0.2) is 62.9 Å². The molecule has 0 spiro atoms.